The molecule has 1 amide bonds. The molecule has 2 fully saturated rings. The molecule has 1 saturated carbocycles. The van der Waals surface area contributed by atoms with Crippen LogP contribution in [0, 0.1) is 5.92 Å². The number of carbonyl (C=O) groups is 1. The van der Waals surface area contributed by atoms with Gasteiger partial charge in [0.1, 0.15) is 0 Å². The number of piperidine rings is 1. The quantitative estimate of drug-likeness (QED) is 0.916. The van der Waals surface area contributed by atoms with Gasteiger partial charge in [-0.15, -0.1) is 0 Å². The first-order valence-electron chi connectivity index (χ1n) is 7.62. The van der Waals surface area contributed by atoms with Crippen LogP contribution in [0.5, 0.6) is 0 Å². The van der Waals surface area contributed by atoms with Gasteiger partial charge in [-0.2, -0.15) is 0 Å². The van der Waals surface area contributed by atoms with Crippen LogP contribution in [0.15, 0.2) is 18.2 Å². The first kappa shape index (κ1) is 15.1. The van der Waals surface area contributed by atoms with Crippen molar-refractivity contribution in [3.05, 3.63) is 33.8 Å². The SMILES string of the molecule is O=C(c1ccc(Cl)c(Cl)c1)N(CC1CCNCC1)C1CC1. The largest absolute Gasteiger partial charge is 0.335 e. The molecule has 0 aromatic heterocycles. The first-order valence-corrected chi connectivity index (χ1v) is 8.37. The fraction of sp³-hybridized carbons (Fsp3) is 0.562. The zero-order chi connectivity index (χ0) is 14.8. The Morgan fingerprint density at radius 1 is 1.14 bits per heavy atom. The molecule has 1 N–H and O–H groups in total. The van der Waals surface area contributed by atoms with Crippen molar-refractivity contribution in [1.29, 1.82) is 0 Å². The van der Waals surface area contributed by atoms with E-state index < -0.39 is 0 Å². The van der Waals surface area contributed by atoms with Gasteiger partial charge in [0.25, 0.3) is 5.91 Å². The molecular weight excluding hydrogens is 307 g/mol. The van der Waals surface area contributed by atoms with Crippen LogP contribution >= 0.6 is 23.2 Å². The monoisotopic (exact) mass is 326 g/mol. The third-order valence-electron chi connectivity index (χ3n) is 4.33. The van der Waals surface area contributed by atoms with E-state index in [-0.39, 0.29) is 5.91 Å². The summed E-state index contributed by atoms with van der Waals surface area (Å²) in [5, 5.41) is 4.31. The second-order valence-electron chi connectivity index (χ2n) is 6.01. The minimum atomic E-state index is 0.0922. The van der Waals surface area contributed by atoms with E-state index in [1.807, 2.05) is 0 Å². The summed E-state index contributed by atoms with van der Waals surface area (Å²) in [5.74, 6) is 0.702. The average molecular weight is 327 g/mol. The highest BCUT2D eigenvalue weighted by Crippen LogP contribution is 2.31. The standard InChI is InChI=1S/C16H20Cl2N2O/c17-14-4-1-12(9-15(14)18)16(21)20(13-2-3-13)10-11-5-7-19-8-6-11/h1,4,9,11,13,19H,2-3,5-8,10H2. The minimum absolute atomic E-state index is 0.0922. The number of hydrogen-bond donors (Lipinski definition) is 1. The van der Waals surface area contributed by atoms with Crippen LogP contribution in [0.25, 0.3) is 0 Å². The summed E-state index contributed by atoms with van der Waals surface area (Å²) in [6.45, 7) is 2.99. The van der Waals surface area contributed by atoms with E-state index in [1.54, 1.807) is 18.2 Å². The molecule has 0 spiro atoms. The van der Waals surface area contributed by atoms with Gasteiger partial charge >= 0.3 is 0 Å². The number of carbonyl (C=O) groups excluding carboxylic acids is 1. The van der Waals surface area contributed by atoms with Gasteiger partial charge in [-0.3, -0.25) is 4.79 Å². The second-order valence-corrected chi connectivity index (χ2v) is 6.83. The van der Waals surface area contributed by atoms with Gasteiger partial charge in [0.2, 0.25) is 0 Å². The third kappa shape index (κ3) is 3.71. The van der Waals surface area contributed by atoms with Crippen LogP contribution in [-0.2, 0) is 0 Å². The van der Waals surface area contributed by atoms with E-state index in [9.17, 15) is 4.79 Å². The molecule has 3 nitrogen and oxygen atoms in total. The lowest BCUT2D eigenvalue weighted by atomic mass is 9.97. The van der Waals surface area contributed by atoms with Gasteiger partial charge in [-0.25, -0.2) is 0 Å². The molecule has 5 heteroatoms. The first-order chi connectivity index (χ1) is 10.1. The van der Waals surface area contributed by atoms with Crippen molar-refractivity contribution in [2.45, 2.75) is 31.7 Å². The zero-order valence-electron chi connectivity index (χ0n) is 11.9. The summed E-state index contributed by atoms with van der Waals surface area (Å²) < 4.78 is 0. The van der Waals surface area contributed by atoms with E-state index in [4.69, 9.17) is 23.2 Å². The van der Waals surface area contributed by atoms with Crippen LogP contribution in [0.2, 0.25) is 10.0 Å². The van der Waals surface area contributed by atoms with Crippen LogP contribution in [0.1, 0.15) is 36.0 Å². The lowest BCUT2D eigenvalue weighted by Gasteiger charge is -2.30. The molecule has 1 saturated heterocycles. The van der Waals surface area contributed by atoms with E-state index in [1.165, 1.54) is 0 Å². The molecule has 0 unspecified atom stereocenters. The minimum Gasteiger partial charge on any atom is -0.335 e. The molecule has 0 radical (unpaired) electrons. The summed E-state index contributed by atoms with van der Waals surface area (Å²) >= 11 is 12.0. The van der Waals surface area contributed by atoms with Crippen LogP contribution in [-0.4, -0.2) is 36.5 Å². The van der Waals surface area contributed by atoms with E-state index >= 15 is 0 Å². The number of nitrogens with zero attached hydrogens (tertiary/aromatic N) is 1. The normalized spacial score (nSPS) is 19.5. The van der Waals surface area contributed by atoms with Crippen molar-refractivity contribution in [2.75, 3.05) is 19.6 Å². The number of nitrogens with one attached hydrogen (secondary N) is 1. The molecule has 3 rings (SSSR count). The molecule has 21 heavy (non-hydrogen) atoms. The molecule has 1 heterocycles. The lowest BCUT2D eigenvalue weighted by Crippen LogP contribution is -2.40. The van der Waals surface area contributed by atoms with Crippen molar-refractivity contribution in [3.63, 3.8) is 0 Å². The van der Waals surface area contributed by atoms with E-state index in [0.29, 0.717) is 27.6 Å². The van der Waals surface area contributed by atoms with Gasteiger partial charge < -0.3 is 10.2 Å². The van der Waals surface area contributed by atoms with Gasteiger partial charge in [0.15, 0.2) is 0 Å². The fourth-order valence-corrected chi connectivity index (χ4v) is 3.22. The average Bonchev–Trinajstić information content (AvgIpc) is 3.33. The van der Waals surface area contributed by atoms with Gasteiger partial charge in [-0.05, 0) is 62.9 Å². The smallest absolute Gasteiger partial charge is 0.254 e. The number of amides is 1. The molecule has 2 aliphatic rings. The summed E-state index contributed by atoms with van der Waals surface area (Å²) in [6, 6.07) is 5.58. The van der Waals surface area contributed by atoms with Gasteiger partial charge in [0.05, 0.1) is 10.0 Å². The molecule has 0 bridgehead atoms. The summed E-state index contributed by atoms with van der Waals surface area (Å²) in [4.78, 5) is 14.8. The van der Waals surface area contributed by atoms with E-state index in [2.05, 4.69) is 10.2 Å². The molecule has 1 aliphatic carbocycles. The van der Waals surface area contributed by atoms with Crippen molar-refractivity contribution in [3.8, 4) is 0 Å². The topological polar surface area (TPSA) is 32.3 Å². The van der Waals surface area contributed by atoms with Crippen LogP contribution < -0.4 is 5.32 Å². The molecular formula is C16H20Cl2N2O. The summed E-state index contributed by atoms with van der Waals surface area (Å²) in [7, 11) is 0. The lowest BCUT2D eigenvalue weighted by molar-refractivity contribution is 0.0701. The van der Waals surface area contributed by atoms with Crippen molar-refractivity contribution in [2.24, 2.45) is 5.92 Å². The third-order valence-corrected chi connectivity index (χ3v) is 5.07. The molecule has 1 aromatic rings. The Morgan fingerprint density at radius 2 is 1.86 bits per heavy atom. The number of benzene rings is 1. The van der Waals surface area contributed by atoms with E-state index in [0.717, 1.165) is 45.3 Å². The maximum Gasteiger partial charge on any atom is 0.254 e. The Morgan fingerprint density at radius 3 is 2.48 bits per heavy atom. The Balaban J connectivity index is 1.73. The molecule has 1 aromatic carbocycles. The predicted octanol–water partition coefficient (Wildman–Crippen LogP) is 3.60. The Kier molecular flexibility index (Phi) is 4.72. The number of hydrogen-bond acceptors (Lipinski definition) is 2. The number of halogens is 2. The van der Waals surface area contributed by atoms with Gasteiger partial charge in [-0.1, -0.05) is 23.2 Å². The highest BCUT2D eigenvalue weighted by Gasteiger charge is 2.34. The highest BCUT2D eigenvalue weighted by molar-refractivity contribution is 6.42. The van der Waals surface area contributed by atoms with Crippen LogP contribution in [0.3, 0.4) is 0 Å². The maximum atomic E-state index is 12.8. The maximum absolute atomic E-state index is 12.8. The van der Waals surface area contributed by atoms with Crippen LogP contribution in [0.4, 0.5) is 0 Å². The Labute approximate surface area is 135 Å². The molecule has 114 valence electrons. The zero-order valence-corrected chi connectivity index (χ0v) is 13.5. The highest BCUT2D eigenvalue weighted by atomic mass is 35.5. The second kappa shape index (κ2) is 6.55. The van der Waals surface area contributed by atoms with Crippen molar-refractivity contribution in [1.82, 2.24) is 10.2 Å². The van der Waals surface area contributed by atoms with Crippen molar-refractivity contribution < 1.29 is 4.79 Å². The molecule has 0 atom stereocenters. The van der Waals surface area contributed by atoms with Gasteiger partial charge in [0, 0.05) is 18.2 Å². The number of rotatable bonds is 4. The van der Waals surface area contributed by atoms with Crippen molar-refractivity contribution >= 4 is 29.1 Å². The summed E-state index contributed by atoms with van der Waals surface area (Å²) in [5.41, 5.74) is 0.644. The molecule has 1 aliphatic heterocycles. The predicted molar refractivity (Wildman–Crippen MR) is 86.1 cm³/mol. The fourth-order valence-electron chi connectivity index (χ4n) is 2.92. The Bertz CT molecular complexity index is 525. The summed E-state index contributed by atoms with van der Waals surface area (Å²) in [6.07, 6.45) is 4.55. The Hall–Kier alpha value is -0.770.